The van der Waals surface area contributed by atoms with Crippen LogP contribution in [0.3, 0.4) is 0 Å². The molecule has 258 valence electrons. The number of alkyl halides is 3. The highest BCUT2D eigenvalue weighted by atomic mass is 32.2. The van der Waals surface area contributed by atoms with Crippen molar-refractivity contribution >= 4 is 15.8 Å². The lowest BCUT2D eigenvalue weighted by Crippen LogP contribution is -2.35. The van der Waals surface area contributed by atoms with Crippen molar-refractivity contribution in [3.8, 4) is 34.1 Å². The summed E-state index contributed by atoms with van der Waals surface area (Å²) in [6.07, 6.45) is 0.567. The fraction of sp³-hybridized carbons (Fsp3) is 0.222. The first-order valence-electron chi connectivity index (χ1n) is 15.5. The molecule has 6 rings (SSSR count). The normalized spacial score (nSPS) is 12.0. The van der Waals surface area contributed by atoms with E-state index < -0.39 is 21.9 Å². The molecular formula is C36H34F3N7O3S. The maximum Gasteiger partial charge on any atom is 0.416 e. The van der Waals surface area contributed by atoms with E-state index in [2.05, 4.69) is 32.3 Å². The fourth-order valence-corrected chi connectivity index (χ4v) is 5.89. The monoisotopic (exact) mass is 701 g/mol. The molecule has 50 heavy (non-hydrogen) atoms. The van der Waals surface area contributed by atoms with Crippen LogP contribution >= 0.6 is 0 Å². The highest BCUT2D eigenvalue weighted by Gasteiger charge is 2.31. The summed E-state index contributed by atoms with van der Waals surface area (Å²) in [5.74, 6) is 0.638. The van der Waals surface area contributed by atoms with Crippen LogP contribution in [0.25, 0.3) is 33.7 Å². The zero-order chi connectivity index (χ0) is 36.3. The molecule has 3 aromatic heterocycles. The average Bonchev–Trinajstić information content (AvgIpc) is 3.71. The predicted octanol–water partition coefficient (Wildman–Crippen LogP) is 6.68. The Hall–Kier alpha value is -5.36. The van der Waals surface area contributed by atoms with E-state index in [0.717, 1.165) is 52.1 Å². The van der Waals surface area contributed by atoms with Gasteiger partial charge in [0, 0.05) is 30.2 Å². The maximum atomic E-state index is 13.7. The molecule has 0 aliphatic carbocycles. The quantitative estimate of drug-likeness (QED) is 0.128. The number of nitriles is 1. The molecule has 0 bridgehead atoms. The number of rotatable bonds is 8. The second-order valence-corrected chi connectivity index (χ2v) is 14.0. The van der Waals surface area contributed by atoms with Crippen LogP contribution in [-0.4, -0.2) is 69.5 Å². The summed E-state index contributed by atoms with van der Waals surface area (Å²) < 4.78 is 76.1. The van der Waals surface area contributed by atoms with E-state index in [4.69, 9.17) is 10.1 Å². The minimum Gasteiger partial charge on any atom is -0.744 e. The van der Waals surface area contributed by atoms with Crippen LogP contribution in [0.1, 0.15) is 28.9 Å². The summed E-state index contributed by atoms with van der Waals surface area (Å²) in [7, 11) is 2.11. The van der Waals surface area contributed by atoms with Gasteiger partial charge in [-0.15, -0.1) is 0 Å². The molecule has 0 saturated carbocycles. The minimum absolute atomic E-state index is 0.185. The number of nitrogens with zero attached hydrogens (tertiary/aromatic N) is 7. The van der Waals surface area contributed by atoms with Gasteiger partial charge in [-0.2, -0.15) is 28.6 Å². The summed E-state index contributed by atoms with van der Waals surface area (Å²) in [4.78, 5) is 4.61. The van der Waals surface area contributed by atoms with Crippen molar-refractivity contribution in [2.24, 2.45) is 0 Å². The van der Waals surface area contributed by atoms with Gasteiger partial charge in [0.25, 0.3) is 0 Å². The highest BCUT2D eigenvalue weighted by molar-refractivity contribution is 7.85. The summed E-state index contributed by atoms with van der Waals surface area (Å²) in [5, 5.41) is 18.4. The van der Waals surface area contributed by atoms with E-state index in [1.807, 2.05) is 19.2 Å². The van der Waals surface area contributed by atoms with E-state index in [0.29, 0.717) is 34.6 Å². The number of hydrogen-bond donors (Lipinski definition) is 0. The van der Waals surface area contributed by atoms with E-state index >= 15 is 0 Å². The number of aryl methyl sites for hydroxylation is 1. The van der Waals surface area contributed by atoms with Gasteiger partial charge in [-0.3, -0.25) is 0 Å². The van der Waals surface area contributed by atoms with Crippen LogP contribution in [-0.2, 0) is 22.7 Å². The molecule has 3 heterocycles. The van der Waals surface area contributed by atoms with E-state index in [-0.39, 0.29) is 4.90 Å². The Morgan fingerprint density at radius 3 is 2.26 bits per heavy atom. The first-order chi connectivity index (χ1) is 23.5. The number of pyridine rings is 1. The number of quaternary nitrogens is 1. The minimum atomic E-state index is -4.48. The van der Waals surface area contributed by atoms with Crippen molar-refractivity contribution < 1.29 is 30.6 Å². The van der Waals surface area contributed by atoms with E-state index in [9.17, 15) is 31.4 Å². The molecule has 0 atom stereocenters. The van der Waals surface area contributed by atoms with Gasteiger partial charge in [0.15, 0.2) is 11.5 Å². The fourth-order valence-electron chi connectivity index (χ4n) is 5.40. The molecule has 0 N–H and O–H groups in total. The van der Waals surface area contributed by atoms with E-state index in [1.54, 1.807) is 51.8 Å². The van der Waals surface area contributed by atoms with Crippen LogP contribution in [0.15, 0.2) is 102 Å². The highest BCUT2D eigenvalue weighted by Crippen LogP contribution is 2.38. The number of benzene rings is 3. The number of fused-ring (bicyclic) bond motifs is 1. The number of hydrogen-bond acceptors (Lipinski definition) is 7. The van der Waals surface area contributed by atoms with Gasteiger partial charge < -0.3 is 9.04 Å². The largest absolute Gasteiger partial charge is 0.744 e. The van der Waals surface area contributed by atoms with Crippen LogP contribution in [0, 0.1) is 18.3 Å². The zero-order valence-corrected chi connectivity index (χ0v) is 28.6. The average molecular weight is 702 g/mol. The molecule has 0 amide bonds. The van der Waals surface area contributed by atoms with Crippen molar-refractivity contribution in [3.05, 3.63) is 120 Å². The molecule has 0 fully saturated rings. The smallest absolute Gasteiger partial charge is 0.416 e. The molecule has 0 saturated heterocycles. The standard InChI is InChI=1S/C30H29F3N7.C6H6O3S/c1-20-25(26-14-15-35-39(26)24-12-10-21(18-34)11-13-24)19-38-29(36-27(37-38)9-6-16-40(2,3)4)28(20)22-7-5-8-23(17-22)30(31,32)33;7-10(8,9)6-4-2-1-3-5-6/h5,7-8,10-15,17,19H,6,9,16H2,1-4H3;1-5H,(H,7,8,9)/q+1;/p-1. The van der Waals surface area contributed by atoms with Gasteiger partial charge in [-0.25, -0.2) is 22.6 Å². The maximum absolute atomic E-state index is 13.7. The third-order valence-electron chi connectivity index (χ3n) is 7.83. The molecular weight excluding hydrogens is 668 g/mol. The molecule has 0 aliphatic rings. The Morgan fingerprint density at radius 1 is 0.960 bits per heavy atom. The first kappa shape index (κ1) is 35.9. The van der Waals surface area contributed by atoms with Gasteiger partial charge in [0.05, 0.1) is 67.4 Å². The Balaban J connectivity index is 0.000000418. The molecule has 10 nitrogen and oxygen atoms in total. The third kappa shape index (κ3) is 8.43. The van der Waals surface area contributed by atoms with Crippen LogP contribution in [0.4, 0.5) is 13.2 Å². The van der Waals surface area contributed by atoms with E-state index in [1.165, 1.54) is 30.3 Å². The second kappa shape index (κ2) is 14.2. The zero-order valence-electron chi connectivity index (χ0n) is 27.8. The van der Waals surface area contributed by atoms with Gasteiger partial charge in [-0.1, -0.05) is 30.3 Å². The molecule has 14 heteroatoms. The van der Waals surface area contributed by atoms with Gasteiger partial charge in [0.2, 0.25) is 0 Å². The lowest BCUT2D eigenvalue weighted by molar-refractivity contribution is -0.870. The molecule has 3 aromatic carbocycles. The third-order valence-corrected chi connectivity index (χ3v) is 8.68. The Labute approximate surface area is 288 Å². The van der Waals surface area contributed by atoms with Gasteiger partial charge in [0.1, 0.15) is 10.1 Å². The first-order valence-corrected chi connectivity index (χ1v) is 16.9. The molecule has 0 aliphatic heterocycles. The lowest BCUT2D eigenvalue weighted by atomic mass is 9.95. The topological polar surface area (TPSA) is 129 Å². The Bertz CT molecular complexity index is 2270. The predicted molar refractivity (Wildman–Crippen MR) is 181 cm³/mol. The molecule has 0 spiro atoms. The van der Waals surface area contributed by atoms with Crippen LogP contribution in [0.2, 0.25) is 0 Å². The van der Waals surface area contributed by atoms with Crippen LogP contribution in [0.5, 0.6) is 0 Å². The van der Waals surface area contributed by atoms with Crippen molar-refractivity contribution in [1.82, 2.24) is 24.4 Å². The molecule has 6 aromatic rings. The number of halogens is 3. The summed E-state index contributed by atoms with van der Waals surface area (Å²) in [5.41, 5.74) is 4.30. The molecule has 0 radical (unpaired) electrons. The SMILES string of the molecule is Cc1c(-c2ccnn2-c2ccc(C#N)cc2)cn2nc(CCC[N+](C)(C)C)nc2c1-c1cccc(C(F)(F)F)c1.O=S(=O)([O-])c1ccccc1. The second-order valence-electron chi connectivity index (χ2n) is 12.6. The van der Waals surface area contributed by atoms with Gasteiger partial charge >= 0.3 is 6.18 Å². The van der Waals surface area contributed by atoms with Crippen LogP contribution < -0.4 is 0 Å². The summed E-state index contributed by atoms with van der Waals surface area (Å²) >= 11 is 0. The summed E-state index contributed by atoms with van der Waals surface area (Å²) in [6.45, 7) is 2.82. The van der Waals surface area contributed by atoms with Crippen molar-refractivity contribution in [2.45, 2.75) is 30.8 Å². The van der Waals surface area contributed by atoms with Gasteiger partial charge in [-0.05, 0) is 72.6 Å². The summed E-state index contributed by atoms with van der Waals surface area (Å²) in [6, 6.07) is 23.5. The van der Waals surface area contributed by atoms with Crippen molar-refractivity contribution in [1.29, 1.82) is 5.26 Å². The molecule has 0 unspecified atom stereocenters. The Kier molecular flexibility index (Phi) is 10.2. The van der Waals surface area contributed by atoms with Crippen molar-refractivity contribution in [3.63, 3.8) is 0 Å². The Morgan fingerprint density at radius 2 is 1.66 bits per heavy atom. The van der Waals surface area contributed by atoms with Crippen molar-refractivity contribution in [2.75, 3.05) is 27.7 Å². The lowest BCUT2D eigenvalue weighted by Gasteiger charge is -2.23. The number of aromatic nitrogens is 5.